The van der Waals surface area contributed by atoms with Gasteiger partial charge in [-0.25, -0.2) is 14.3 Å². The number of aliphatic hydroxyl groups excluding tert-OH is 1. The lowest BCUT2D eigenvalue weighted by molar-refractivity contribution is -0.149. The van der Waals surface area contributed by atoms with E-state index in [0.29, 0.717) is 11.1 Å². The smallest absolute Gasteiger partial charge is 0.459 e. The van der Waals surface area contributed by atoms with Crippen molar-refractivity contribution in [2.24, 2.45) is 0 Å². The first-order valence-electron chi connectivity index (χ1n) is 12.0. The molecule has 1 unspecified atom stereocenters. The molecule has 0 radical (unpaired) electrons. The molecule has 38 heavy (non-hydrogen) atoms. The number of ether oxygens (including phenoxy) is 1. The molecule has 1 aliphatic heterocycles. The van der Waals surface area contributed by atoms with Crippen molar-refractivity contribution in [2.75, 3.05) is 12.3 Å². The van der Waals surface area contributed by atoms with Crippen molar-refractivity contribution in [3.05, 3.63) is 59.3 Å². The van der Waals surface area contributed by atoms with Crippen LogP contribution >= 0.6 is 19.5 Å². The van der Waals surface area contributed by atoms with Gasteiger partial charge in [-0.1, -0.05) is 36.4 Å². The molecule has 0 amide bonds. The number of nitrogen functional groups attached to an aromatic ring is 1. The molecule has 14 heteroatoms. The second-order valence-electron chi connectivity index (χ2n) is 9.03. The monoisotopic (exact) mass is 563 g/mol. The van der Waals surface area contributed by atoms with Gasteiger partial charge in [0.25, 0.3) is 0 Å². The minimum absolute atomic E-state index is 0.141. The minimum Gasteiger partial charge on any atom is -0.462 e. The summed E-state index contributed by atoms with van der Waals surface area (Å²) in [6.07, 6.45) is 0.235. The summed E-state index contributed by atoms with van der Waals surface area (Å²) in [5.74, 6) is -0.466. The first kappa shape index (κ1) is 28.1. The van der Waals surface area contributed by atoms with Crippen LogP contribution in [-0.4, -0.2) is 55.7 Å². The second-order valence-corrected chi connectivity index (χ2v) is 12.2. The van der Waals surface area contributed by atoms with Crippen LogP contribution in [0, 0.1) is 0 Å². The normalized spacial score (nSPS) is 21.8. The van der Waals surface area contributed by atoms with Crippen LogP contribution in [0.15, 0.2) is 53.6 Å². The molecule has 5 atom stereocenters. The number of aromatic nitrogens is 3. The third-order valence-electron chi connectivity index (χ3n) is 5.69. The lowest BCUT2D eigenvalue weighted by Gasteiger charge is -2.25. The van der Waals surface area contributed by atoms with E-state index < -0.39 is 42.2 Å². The number of nitrogens with one attached hydrogen (secondary N) is 1. The minimum atomic E-state index is -4.17. The number of aliphatic hydroxyl groups is 1. The summed E-state index contributed by atoms with van der Waals surface area (Å²) in [6.45, 7) is 4.71. The summed E-state index contributed by atoms with van der Waals surface area (Å²) < 4.78 is 32.2. The van der Waals surface area contributed by atoms with E-state index in [-0.39, 0.29) is 25.1 Å². The van der Waals surface area contributed by atoms with Crippen molar-refractivity contribution >= 4 is 42.2 Å². The molecule has 204 valence electrons. The summed E-state index contributed by atoms with van der Waals surface area (Å²) in [6, 6.07) is 11.7. The molecule has 0 bridgehead atoms. The number of carbonyl (C=O) groups is 1. The molecule has 1 aliphatic rings. The van der Waals surface area contributed by atoms with E-state index in [2.05, 4.69) is 15.1 Å². The zero-order valence-electron chi connectivity index (χ0n) is 21.1. The van der Waals surface area contributed by atoms with E-state index in [9.17, 15) is 19.3 Å². The Hall–Kier alpha value is -2.96. The van der Waals surface area contributed by atoms with Gasteiger partial charge in [0.05, 0.1) is 29.4 Å². The van der Waals surface area contributed by atoms with Gasteiger partial charge in [-0.3, -0.25) is 13.9 Å². The molecule has 1 aromatic heterocycles. The molecule has 4 N–H and O–H groups in total. The van der Waals surface area contributed by atoms with Gasteiger partial charge in [-0.05, 0) is 32.2 Å². The third kappa shape index (κ3) is 6.72. The van der Waals surface area contributed by atoms with Crippen molar-refractivity contribution in [1.29, 1.82) is 0 Å². The van der Waals surface area contributed by atoms with Gasteiger partial charge in [0.2, 0.25) is 5.95 Å². The second kappa shape index (κ2) is 11.8. The first-order valence-corrected chi connectivity index (χ1v) is 14.5. The Kier molecular flexibility index (Phi) is 8.74. The maximum absolute atomic E-state index is 14.0. The molecule has 4 rings (SSSR count). The van der Waals surface area contributed by atoms with Crippen molar-refractivity contribution in [3.63, 3.8) is 0 Å². The average molecular weight is 564 g/mol. The highest BCUT2D eigenvalue weighted by atomic mass is 32.2. The number of fused-ring (bicyclic) bond motifs is 1. The zero-order chi connectivity index (χ0) is 27.4. The summed E-state index contributed by atoms with van der Waals surface area (Å²) >= 11 is 1.25. The average Bonchev–Trinajstić information content (AvgIpc) is 3.22. The van der Waals surface area contributed by atoms with E-state index in [1.807, 2.05) is 30.3 Å². The fourth-order valence-corrected chi connectivity index (χ4v) is 6.94. The number of nitrogens with zero attached hydrogens (tertiary/aromatic N) is 3. The zero-order valence-corrected chi connectivity index (χ0v) is 22.8. The van der Waals surface area contributed by atoms with Crippen molar-refractivity contribution in [3.8, 4) is 5.75 Å². The molecule has 3 aromatic rings. The standard InChI is InChI=1S/C24H30N5O7PS/c1-14(2)35-22(31)15(3)28-37(33,36-19-10-6-8-16-7-4-5-9-17(16)19)34-12-20-18(30)11-21(38-20)29-13-26-23(25)27-24(29)32/h4-10,13-15,18,20-21,30H,11-12H2,1-3H3,(H,28,33)(H2,25,27,32)/t15-,18+,20+,21+,37?/m0/s1. The fraction of sp³-hybridized carbons (Fsp3) is 0.417. The van der Waals surface area contributed by atoms with E-state index in [4.69, 9.17) is 19.5 Å². The lowest BCUT2D eigenvalue weighted by Crippen LogP contribution is -2.37. The van der Waals surface area contributed by atoms with Crippen LogP contribution in [-0.2, 0) is 18.6 Å². The van der Waals surface area contributed by atoms with E-state index in [0.717, 1.165) is 5.39 Å². The number of thioether (sulfide) groups is 1. The molecule has 2 aromatic carbocycles. The number of esters is 1. The van der Waals surface area contributed by atoms with Crippen molar-refractivity contribution < 1.29 is 28.3 Å². The molecule has 12 nitrogen and oxygen atoms in total. The van der Waals surface area contributed by atoms with Gasteiger partial charge in [0.1, 0.15) is 18.1 Å². The highest BCUT2D eigenvalue weighted by Gasteiger charge is 2.39. The number of rotatable bonds is 10. The largest absolute Gasteiger partial charge is 0.462 e. The van der Waals surface area contributed by atoms with Crippen molar-refractivity contribution in [1.82, 2.24) is 19.6 Å². The van der Waals surface area contributed by atoms with Gasteiger partial charge in [0.15, 0.2) is 0 Å². The maximum Gasteiger partial charge on any atom is 0.459 e. The number of anilines is 1. The Morgan fingerprint density at radius 2 is 2.00 bits per heavy atom. The Bertz CT molecular complexity index is 1400. The molecule has 2 heterocycles. The Balaban J connectivity index is 1.54. The number of carbonyl (C=O) groups excluding carboxylic acids is 1. The van der Waals surface area contributed by atoms with Crippen LogP contribution in [0.1, 0.15) is 32.6 Å². The number of hydrogen-bond acceptors (Lipinski definition) is 11. The molecule has 0 saturated carbocycles. The predicted molar refractivity (Wildman–Crippen MR) is 144 cm³/mol. The summed E-state index contributed by atoms with van der Waals surface area (Å²) in [5.41, 5.74) is 4.88. The highest BCUT2D eigenvalue weighted by Crippen LogP contribution is 2.49. The number of benzene rings is 2. The van der Waals surface area contributed by atoms with Gasteiger partial charge >= 0.3 is 19.4 Å². The molecular formula is C24H30N5O7PS. The van der Waals surface area contributed by atoms with E-state index in [1.54, 1.807) is 26.0 Å². The first-order chi connectivity index (χ1) is 18.0. The molecule has 0 spiro atoms. The number of hydrogen-bond donors (Lipinski definition) is 3. The van der Waals surface area contributed by atoms with Gasteiger partial charge in [-0.2, -0.15) is 10.1 Å². The molecule has 1 fully saturated rings. The molecular weight excluding hydrogens is 533 g/mol. The van der Waals surface area contributed by atoms with Crippen LogP contribution in [0.4, 0.5) is 5.95 Å². The lowest BCUT2D eigenvalue weighted by atomic mass is 10.1. The van der Waals surface area contributed by atoms with Crippen LogP contribution in [0.2, 0.25) is 0 Å². The topological polar surface area (TPSA) is 168 Å². The molecule has 1 saturated heterocycles. The summed E-state index contributed by atoms with van der Waals surface area (Å²) in [5, 5.41) is 13.9. The van der Waals surface area contributed by atoms with E-state index >= 15 is 0 Å². The maximum atomic E-state index is 14.0. The van der Waals surface area contributed by atoms with Gasteiger partial charge in [0, 0.05) is 11.8 Å². The third-order valence-corrected chi connectivity index (χ3v) is 8.86. The number of nitrogens with two attached hydrogens (primary N) is 1. The summed E-state index contributed by atoms with van der Waals surface area (Å²) in [4.78, 5) is 32.1. The van der Waals surface area contributed by atoms with Crippen molar-refractivity contribution in [2.45, 2.75) is 56.1 Å². The van der Waals surface area contributed by atoms with Crippen LogP contribution in [0.5, 0.6) is 5.75 Å². The Labute approximate surface area is 223 Å². The Morgan fingerprint density at radius 3 is 2.74 bits per heavy atom. The van der Waals surface area contributed by atoms with Gasteiger partial charge < -0.3 is 20.1 Å². The summed E-state index contributed by atoms with van der Waals surface area (Å²) in [7, 11) is -4.17. The predicted octanol–water partition coefficient (Wildman–Crippen LogP) is 2.87. The molecule has 0 aliphatic carbocycles. The van der Waals surface area contributed by atoms with Crippen LogP contribution < -0.4 is 21.0 Å². The quantitative estimate of drug-likeness (QED) is 0.244. The van der Waals surface area contributed by atoms with Crippen LogP contribution in [0.25, 0.3) is 10.8 Å². The van der Waals surface area contributed by atoms with E-state index in [1.165, 1.54) is 29.6 Å². The van der Waals surface area contributed by atoms with Gasteiger partial charge in [-0.15, -0.1) is 11.8 Å². The Morgan fingerprint density at radius 1 is 1.26 bits per heavy atom. The SMILES string of the molecule is CC(C)OC(=O)[C@H](C)NP(=O)(OC[C@H]1S[C@@H](n2cnc(N)nc2=O)C[C@H]1O)Oc1cccc2ccccc12. The fourth-order valence-electron chi connectivity index (χ4n) is 3.88. The highest BCUT2D eigenvalue weighted by molar-refractivity contribution is 8.00. The van der Waals surface area contributed by atoms with Crippen LogP contribution in [0.3, 0.4) is 0 Å².